The second-order valence-corrected chi connectivity index (χ2v) is 23.5. The van der Waals surface area contributed by atoms with E-state index < -0.39 is 24.2 Å². The molecule has 1 amide bonds. The zero-order valence-corrected chi connectivity index (χ0v) is 46.0. The van der Waals surface area contributed by atoms with Crippen LogP contribution in [0, 0.1) is 0 Å². The zero-order valence-electron chi connectivity index (χ0n) is 42.8. The summed E-state index contributed by atoms with van der Waals surface area (Å²) in [6.07, 6.45) is 8.46. The molecule has 6 heterocycles. The predicted molar refractivity (Wildman–Crippen MR) is 317 cm³/mol. The average Bonchev–Trinajstić information content (AvgIpc) is 4.16. The van der Waals surface area contributed by atoms with E-state index in [0.29, 0.717) is 24.3 Å². The molecular weight excluding hydrogens is 1100 g/mol. The number of nitrogens with two attached hydrogens (primary N) is 1. The minimum Gasteiger partial charge on any atom is -0.490 e. The molecule has 2 aliphatic carbocycles. The molecule has 4 fully saturated rings. The van der Waals surface area contributed by atoms with Crippen LogP contribution < -0.4 is 20.5 Å². The first kappa shape index (κ1) is 61.7. The van der Waals surface area contributed by atoms with Crippen LogP contribution in [0.25, 0.3) is 20.9 Å². The van der Waals surface area contributed by atoms with E-state index in [2.05, 4.69) is 25.4 Å². The van der Waals surface area contributed by atoms with Gasteiger partial charge in [0.15, 0.2) is 11.4 Å². The van der Waals surface area contributed by atoms with E-state index in [-0.39, 0.29) is 56.1 Å². The molecule has 12 rings (SSSR count). The lowest BCUT2D eigenvalue weighted by Crippen LogP contribution is -2.49. The molecule has 6 N–H and O–H groups in total. The monoisotopic (exact) mass is 1170 g/mol. The van der Waals surface area contributed by atoms with E-state index >= 15 is 0 Å². The van der Waals surface area contributed by atoms with Gasteiger partial charge in [0.2, 0.25) is 0 Å². The molecule has 4 aromatic carbocycles. The summed E-state index contributed by atoms with van der Waals surface area (Å²) in [5.74, 6) is 0.234. The molecule has 428 valence electrons. The first-order valence-electron chi connectivity index (χ1n) is 26.2. The number of nitrogens with zero attached hydrogens (tertiary/aromatic N) is 4. The second-order valence-electron chi connectivity index (χ2n) is 20.1. The van der Waals surface area contributed by atoms with Gasteiger partial charge in [0, 0.05) is 51.1 Å². The molecule has 2 saturated heterocycles. The summed E-state index contributed by atoms with van der Waals surface area (Å²) in [7, 11) is 0. The Kier molecular flexibility index (Phi) is 22.1. The molecule has 15 nitrogen and oxygen atoms in total. The number of rotatable bonds is 17. The SMILES string of the molecule is C.C.F.N[C@H](CN1CCCC1)[C@H](O)c1ccc(OC2CC2)cc1.O=C(N[C@H](CN1CCCC1)[C@H](O)c1ccc(OC2CC2)cc1)C1=NOCc2cc(-c3ccc(Cl)s3)ccc21.O=C(O)C1=NOCc2cc(-c3ccc(Cl)s3)ccc21. The number of thiophene rings is 2. The summed E-state index contributed by atoms with van der Waals surface area (Å²) in [5, 5.41) is 41.5. The summed E-state index contributed by atoms with van der Waals surface area (Å²) in [6.45, 7) is 6.00. The van der Waals surface area contributed by atoms with Crippen molar-refractivity contribution in [1.29, 1.82) is 0 Å². The number of carbonyl (C=O) groups excluding carboxylic acids is 1. The fourth-order valence-electron chi connectivity index (χ4n) is 9.67. The van der Waals surface area contributed by atoms with Crippen molar-refractivity contribution in [2.45, 2.75) is 116 Å². The number of likely N-dealkylation sites (tertiary alicyclic amines) is 2. The van der Waals surface area contributed by atoms with E-state index in [4.69, 9.17) is 53.2 Å². The highest BCUT2D eigenvalue weighted by molar-refractivity contribution is 7.19. The number of ether oxygens (including phenoxy) is 2. The molecule has 2 saturated carbocycles. The number of carbonyl (C=O) groups is 2. The summed E-state index contributed by atoms with van der Waals surface area (Å²) in [4.78, 5) is 41.7. The lowest BCUT2D eigenvalue weighted by Gasteiger charge is -2.29. The van der Waals surface area contributed by atoms with Crippen LogP contribution in [0.3, 0.4) is 0 Å². The quantitative estimate of drug-likeness (QED) is 0.0579. The molecule has 20 heteroatoms. The largest absolute Gasteiger partial charge is 0.490 e. The van der Waals surface area contributed by atoms with Gasteiger partial charge < -0.3 is 55.3 Å². The van der Waals surface area contributed by atoms with Gasteiger partial charge in [0.25, 0.3) is 5.91 Å². The first-order valence-corrected chi connectivity index (χ1v) is 28.6. The molecule has 80 heavy (non-hydrogen) atoms. The van der Waals surface area contributed by atoms with Crippen molar-refractivity contribution in [3.05, 3.63) is 151 Å². The smallest absolute Gasteiger partial charge is 0.358 e. The van der Waals surface area contributed by atoms with Gasteiger partial charge in [-0.15, -0.1) is 22.7 Å². The maximum atomic E-state index is 13.5. The fourth-order valence-corrected chi connectivity index (χ4v) is 11.8. The maximum Gasteiger partial charge on any atom is 0.358 e. The summed E-state index contributed by atoms with van der Waals surface area (Å²) >= 11 is 15.0. The van der Waals surface area contributed by atoms with Crippen LogP contribution in [0.2, 0.25) is 8.67 Å². The zero-order chi connectivity index (χ0) is 53.4. The normalized spacial score (nSPS) is 17.8. The van der Waals surface area contributed by atoms with Crippen molar-refractivity contribution >= 4 is 69.2 Å². The molecular formula is C60H71Cl2FN6O9S2. The lowest BCUT2D eigenvalue weighted by atomic mass is 9.97. The minimum atomic E-state index is -1.09. The number of carboxylic acids is 1. The molecule has 4 atom stereocenters. The Balaban J connectivity index is 0.000000186. The van der Waals surface area contributed by atoms with Crippen LogP contribution in [0.15, 0.2) is 120 Å². The number of carboxylic acid groups (broad SMARTS) is 1. The van der Waals surface area contributed by atoms with Crippen molar-refractivity contribution in [2.24, 2.45) is 16.0 Å². The van der Waals surface area contributed by atoms with Crippen LogP contribution in [-0.2, 0) is 32.5 Å². The Hall–Kier alpha value is -5.93. The van der Waals surface area contributed by atoms with Gasteiger partial charge >= 0.3 is 5.97 Å². The molecule has 4 aliphatic heterocycles. The lowest BCUT2D eigenvalue weighted by molar-refractivity contribution is -0.129. The number of aliphatic carboxylic acids is 1. The Morgan fingerprint density at radius 2 is 1.07 bits per heavy atom. The van der Waals surface area contributed by atoms with Crippen molar-refractivity contribution < 1.29 is 48.8 Å². The van der Waals surface area contributed by atoms with Crippen molar-refractivity contribution in [3.63, 3.8) is 0 Å². The number of halogens is 3. The molecule has 0 spiro atoms. The fraction of sp³-hybridized carbons (Fsp3) is 0.400. The van der Waals surface area contributed by atoms with Gasteiger partial charge in [-0.3, -0.25) is 9.50 Å². The third-order valence-corrected chi connectivity index (χ3v) is 16.7. The molecule has 2 aromatic heterocycles. The standard InChI is InChI=1S/C29H30ClN3O4S.C16H24N2O2.C13H8ClNO3S.2CH4.FH/c30-26-12-11-25(38-26)19-5-10-23-20(15-19)17-36-32-27(23)29(35)31-24(16-33-13-1-2-14-33)28(34)18-3-6-21(7-4-18)37-22-8-9-22;17-15(11-18-9-1-2-10-18)16(19)12-3-5-13(6-4-12)20-14-7-8-14;14-11-4-3-10(19-11)7-1-2-9-8(5-7)6-18-15-12(9)13(16)17;;;/h3-7,10-12,15,22,24,28,34H,1-2,8-9,13-14,16-17H2,(H,31,35);3-6,14-16,19H,1-2,7-11,17H2;1-5H,6H2,(H,16,17);2*1H4;1H/t24-,28-;15-,16-;;;;/m11..../s1. The molecule has 6 aliphatic rings. The molecule has 6 aromatic rings. The predicted octanol–water partition coefficient (Wildman–Crippen LogP) is 11.7. The average molecular weight is 1170 g/mol. The number of oxime groups is 2. The number of aliphatic hydroxyl groups is 2. The number of hydrogen-bond acceptors (Lipinski definition) is 15. The van der Waals surface area contributed by atoms with Gasteiger partial charge in [-0.2, -0.15) is 0 Å². The van der Waals surface area contributed by atoms with Gasteiger partial charge in [-0.05, 0) is 160 Å². The van der Waals surface area contributed by atoms with Gasteiger partial charge in [-0.25, -0.2) is 4.79 Å². The van der Waals surface area contributed by atoms with Crippen LogP contribution in [0.4, 0.5) is 4.70 Å². The van der Waals surface area contributed by atoms with Crippen LogP contribution in [-0.4, -0.2) is 112 Å². The van der Waals surface area contributed by atoms with E-state index in [1.807, 2.05) is 103 Å². The van der Waals surface area contributed by atoms with Crippen LogP contribution in [0.1, 0.15) is 112 Å². The topological polar surface area (TPSA) is 201 Å². The highest BCUT2D eigenvalue weighted by Gasteiger charge is 2.32. The summed E-state index contributed by atoms with van der Waals surface area (Å²) in [6, 6.07) is 33.5. The third kappa shape index (κ3) is 16.2. The third-order valence-electron chi connectivity index (χ3n) is 14.1. The number of benzene rings is 4. The van der Waals surface area contributed by atoms with Crippen LogP contribution >= 0.6 is 45.9 Å². The Labute approximate surface area is 485 Å². The Morgan fingerprint density at radius 3 is 1.51 bits per heavy atom. The van der Waals surface area contributed by atoms with E-state index in [1.165, 1.54) is 35.5 Å². The molecule has 0 radical (unpaired) electrons. The second kappa shape index (κ2) is 28.7. The van der Waals surface area contributed by atoms with E-state index in [9.17, 15) is 19.8 Å². The Bertz CT molecular complexity index is 3070. The van der Waals surface area contributed by atoms with Crippen molar-refractivity contribution in [3.8, 4) is 32.4 Å². The summed E-state index contributed by atoms with van der Waals surface area (Å²) < 4.78 is 13.0. The van der Waals surface area contributed by atoms with Gasteiger partial charge in [-0.1, -0.05) is 96.9 Å². The van der Waals surface area contributed by atoms with E-state index in [0.717, 1.165) is 140 Å². The Morgan fingerprint density at radius 1 is 0.637 bits per heavy atom. The van der Waals surface area contributed by atoms with Gasteiger partial charge in [0.1, 0.15) is 30.8 Å². The minimum absolute atomic E-state index is 0. The summed E-state index contributed by atoms with van der Waals surface area (Å²) in [5.41, 5.74) is 12.9. The number of hydrogen-bond donors (Lipinski definition) is 5. The number of nitrogens with one attached hydrogen (secondary N) is 1. The van der Waals surface area contributed by atoms with Crippen LogP contribution in [0.5, 0.6) is 11.5 Å². The maximum absolute atomic E-state index is 13.5. The number of amides is 1. The molecule has 0 bridgehead atoms. The van der Waals surface area contributed by atoms with Crippen molar-refractivity contribution in [2.75, 3.05) is 39.3 Å². The first-order chi connectivity index (χ1) is 37.4. The van der Waals surface area contributed by atoms with Crippen molar-refractivity contribution in [1.82, 2.24) is 15.1 Å². The highest BCUT2D eigenvalue weighted by atomic mass is 35.5. The molecule has 0 unspecified atom stereocenters. The number of fused-ring (bicyclic) bond motifs is 2. The highest BCUT2D eigenvalue weighted by Crippen LogP contribution is 2.36. The number of aliphatic hydroxyl groups excluding tert-OH is 2. The van der Waals surface area contributed by atoms with E-state index in [1.54, 1.807) is 6.07 Å². The van der Waals surface area contributed by atoms with Gasteiger partial charge in [0.05, 0.1) is 33.0 Å².